The number of benzene rings is 1. The molecule has 0 saturated carbocycles. The van der Waals surface area contributed by atoms with Crippen LogP contribution in [0.25, 0.3) is 0 Å². The monoisotopic (exact) mass is 240 g/mol. The standard InChI is InChI=1S/C11H12N2O2.ClH/c1-15-11(14)6-10(13)9-5-3-2-4-8(9)7-12;/h2-5,10H,6,13H2,1H3;1H/t10-;/m0./s1. The lowest BCUT2D eigenvalue weighted by atomic mass is 9.99. The van der Waals surface area contributed by atoms with Crippen molar-refractivity contribution in [3.8, 4) is 6.07 Å². The van der Waals surface area contributed by atoms with E-state index in [0.717, 1.165) is 0 Å². The zero-order valence-electron chi connectivity index (χ0n) is 8.84. The van der Waals surface area contributed by atoms with Crippen molar-refractivity contribution in [2.24, 2.45) is 5.73 Å². The van der Waals surface area contributed by atoms with Crippen LogP contribution >= 0.6 is 12.4 Å². The molecular formula is C11H13ClN2O2. The number of carbonyl (C=O) groups excluding carboxylic acids is 1. The zero-order chi connectivity index (χ0) is 11.3. The summed E-state index contributed by atoms with van der Waals surface area (Å²) in [5.41, 5.74) is 6.96. The number of methoxy groups -OCH3 is 1. The van der Waals surface area contributed by atoms with Crippen LogP contribution in [0.1, 0.15) is 23.6 Å². The normalized spacial score (nSPS) is 10.8. The van der Waals surface area contributed by atoms with E-state index >= 15 is 0 Å². The first-order valence-corrected chi connectivity index (χ1v) is 4.50. The molecule has 5 heteroatoms. The molecule has 0 aliphatic rings. The van der Waals surface area contributed by atoms with Crippen LogP contribution < -0.4 is 5.73 Å². The Balaban J connectivity index is 0.00000225. The quantitative estimate of drug-likeness (QED) is 0.814. The molecule has 4 nitrogen and oxygen atoms in total. The van der Waals surface area contributed by atoms with Crippen LogP contribution in [0.3, 0.4) is 0 Å². The lowest BCUT2D eigenvalue weighted by molar-refractivity contribution is -0.141. The molecule has 0 fully saturated rings. The molecule has 0 aromatic heterocycles. The maximum atomic E-state index is 11.0. The van der Waals surface area contributed by atoms with Gasteiger partial charge >= 0.3 is 5.97 Å². The summed E-state index contributed by atoms with van der Waals surface area (Å²) in [7, 11) is 1.31. The highest BCUT2D eigenvalue weighted by Crippen LogP contribution is 2.18. The van der Waals surface area contributed by atoms with E-state index < -0.39 is 6.04 Å². The number of rotatable bonds is 3. The van der Waals surface area contributed by atoms with Crippen molar-refractivity contribution in [2.75, 3.05) is 7.11 Å². The summed E-state index contributed by atoms with van der Waals surface area (Å²) >= 11 is 0. The molecule has 0 saturated heterocycles. The van der Waals surface area contributed by atoms with Gasteiger partial charge in [-0.15, -0.1) is 12.4 Å². The fourth-order valence-corrected chi connectivity index (χ4v) is 1.30. The summed E-state index contributed by atoms with van der Waals surface area (Å²) < 4.78 is 4.51. The average Bonchev–Trinajstić information content (AvgIpc) is 2.28. The Morgan fingerprint density at radius 1 is 1.56 bits per heavy atom. The van der Waals surface area contributed by atoms with Gasteiger partial charge in [-0.3, -0.25) is 4.79 Å². The molecule has 16 heavy (non-hydrogen) atoms. The second kappa shape index (κ2) is 6.83. The summed E-state index contributed by atoms with van der Waals surface area (Å²) in [5, 5.41) is 8.84. The molecule has 0 aliphatic heterocycles. The largest absolute Gasteiger partial charge is 0.469 e. The third-order valence-electron chi connectivity index (χ3n) is 2.09. The molecule has 0 amide bonds. The molecule has 1 rings (SSSR count). The minimum absolute atomic E-state index is 0. The van der Waals surface area contributed by atoms with Crippen molar-refractivity contribution in [1.29, 1.82) is 5.26 Å². The van der Waals surface area contributed by atoms with Crippen LogP contribution in [-0.4, -0.2) is 13.1 Å². The number of esters is 1. The fourth-order valence-electron chi connectivity index (χ4n) is 1.30. The van der Waals surface area contributed by atoms with E-state index in [1.54, 1.807) is 24.3 Å². The number of halogens is 1. The molecule has 1 aromatic rings. The summed E-state index contributed by atoms with van der Waals surface area (Å²) in [6, 6.07) is 8.50. The Kier molecular flexibility index (Phi) is 6.16. The second-order valence-corrected chi connectivity index (χ2v) is 3.09. The summed E-state index contributed by atoms with van der Waals surface area (Å²) in [6.07, 6.45) is 0.0786. The van der Waals surface area contributed by atoms with E-state index in [1.807, 2.05) is 6.07 Å². The van der Waals surface area contributed by atoms with Crippen molar-refractivity contribution in [3.05, 3.63) is 35.4 Å². The number of hydrogen-bond donors (Lipinski definition) is 1. The molecule has 1 atom stereocenters. The molecule has 2 N–H and O–H groups in total. The van der Waals surface area contributed by atoms with Crippen LogP contribution in [0.5, 0.6) is 0 Å². The van der Waals surface area contributed by atoms with E-state index in [4.69, 9.17) is 11.0 Å². The van der Waals surface area contributed by atoms with Crippen LogP contribution in [0.2, 0.25) is 0 Å². The van der Waals surface area contributed by atoms with E-state index in [0.29, 0.717) is 11.1 Å². The van der Waals surface area contributed by atoms with Crippen molar-refractivity contribution < 1.29 is 9.53 Å². The van der Waals surface area contributed by atoms with Crippen LogP contribution in [0.4, 0.5) is 0 Å². The van der Waals surface area contributed by atoms with E-state index in [2.05, 4.69) is 4.74 Å². The SMILES string of the molecule is COC(=O)C[C@H](N)c1ccccc1C#N.Cl. The maximum Gasteiger partial charge on any atom is 0.307 e. The van der Waals surface area contributed by atoms with Crippen LogP contribution in [0.15, 0.2) is 24.3 Å². The maximum absolute atomic E-state index is 11.0. The number of nitrogens with two attached hydrogens (primary N) is 1. The highest BCUT2D eigenvalue weighted by atomic mass is 35.5. The first-order valence-electron chi connectivity index (χ1n) is 4.50. The number of ether oxygens (including phenoxy) is 1. The Morgan fingerprint density at radius 3 is 2.75 bits per heavy atom. The molecule has 0 unspecified atom stereocenters. The number of nitriles is 1. The first-order chi connectivity index (χ1) is 7.19. The van der Waals surface area contributed by atoms with Gasteiger partial charge in [0.1, 0.15) is 0 Å². The number of nitrogens with zero attached hydrogens (tertiary/aromatic N) is 1. The van der Waals surface area contributed by atoms with E-state index in [1.165, 1.54) is 7.11 Å². The second-order valence-electron chi connectivity index (χ2n) is 3.09. The van der Waals surface area contributed by atoms with E-state index in [-0.39, 0.29) is 24.8 Å². The van der Waals surface area contributed by atoms with Crippen molar-refractivity contribution in [2.45, 2.75) is 12.5 Å². The lowest BCUT2D eigenvalue weighted by Crippen LogP contribution is -2.17. The van der Waals surface area contributed by atoms with Gasteiger partial charge in [0.25, 0.3) is 0 Å². The Labute approximate surface area is 100 Å². The van der Waals surface area contributed by atoms with Gasteiger partial charge < -0.3 is 10.5 Å². The van der Waals surface area contributed by atoms with Gasteiger partial charge in [-0.25, -0.2) is 0 Å². The lowest BCUT2D eigenvalue weighted by Gasteiger charge is -2.11. The molecule has 0 heterocycles. The predicted molar refractivity (Wildman–Crippen MR) is 62.0 cm³/mol. The minimum atomic E-state index is -0.492. The average molecular weight is 241 g/mol. The molecular weight excluding hydrogens is 228 g/mol. The van der Waals surface area contributed by atoms with Gasteiger partial charge in [0.2, 0.25) is 0 Å². The Bertz CT molecular complexity index is 401. The van der Waals surface area contributed by atoms with Gasteiger partial charge in [-0.05, 0) is 11.6 Å². The summed E-state index contributed by atoms with van der Waals surface area (Å²) in [5.74, 6) is -0.379. The van der Waals surface area contributed by atoms with Crippen LogP contribution in [-0.2, 0) is 9.53 Å². The van der Waals surface area contributed by atoms with Crippen LogP contribution in [0, 0.1) is 11.3 Å². The van der Waals surface area contributed by atoms with Gasteiger partial charge in [0.15, 0.2) is 0 Å². The van der Waals surface area contributed by atoms with Gasteiger partial charge in [0, 0.05) is 6.04 Å². The zero-order valence-corrected chi connectivity index (χ0v) is 9.66. The highest BCUT2D eigenvalue weighted by molar-refractivity contribution is 5.85. The Morgan fingerprint density at radius 2 is 2.19 bits per heavy atom. The molecule has 0 aliphatic carbocycles. The molecule has 1 aromatic carbocycles. The molecule has 0 bridgehead atoms. The van der Waals surface area contributed by atoms with Crippen molar-refractivity contribution >= 4 is 18.4 Å². The van der Waals surface area contributed by atoms with Gasteiger partial charge in [-0.2, -0.15) is 5.26 Å². The Hall–Kier alpha value is -1.57. The smallest absolute Gasteiger partial charge is 0.307 e. The molecule has 0 spiro atoms. The van der Waals surface area contributed by atoms with Gasteiger partial charge in [-0.1, -0.05) is 18.2 Å². The third kappa shape index (κ3) is 3.54. The predicted octanol–water partition coefficient (Wildman–Crippen LogP) is 1.54. The highest BCUT2D eigenvalue weighted by Gasteiger charge is 2.14. The minimum Gasteiger partial charge on any atom is -0.469 e. The molecule has 86 valence electrons. The fraction of sp³-hybridized carbons (Fsp3) is 0.273. The number of hydrogen-bond acceptors (Lipinski definition) is 4. The van der Waals surface area contributed by atoms with E-state index in [9.17, 15) is 4.79 Å². The topological polar surface area (TPSA) is 76.1 Å². The summed E-state index contributed by atoms with van der Waals surface area (Å²) in [4.78, 5) is 11.0. The summed E-state index contributed by atoms with van der Waals surface area (Å²) in [6.45, 7) is 0. The molecule has 0 radical (unpaired) electrons. The van der Waals surface area contributed by atoms with Crippen molar-refractivity contribution in [3.63, 3.8) is 0 Å². The van der Waals surface area contributed by atoms with Crippen molar-refractivity contribution in [1.82, 2.24) is 0 Å². The number of carbonyl (C=O) groups is 1. The first kappa shape index (κ1) is 14.4. The third-order valence-corrected chi connectivity index (χ3v) is 2.09. The van der Waals surface area contributed by atoms with Gasteiger partial charge in [0.05, 0.1) is 25.2 Å².